The number of carbonyl (C=O) groups excluding carboxylic acids is 2. The smallest absolute Gasteiger partial charge is 0.246 e. The van der Waals surface area contributed by atoms with E-state index in [-0.39, 0.29) is 24.5 Å². The second-order valence-electron chi connectivity index (χ2n) is 13.6. The van der Waals surface area contributed by atoms with E-state index in [4.69, 9.17) is 4.74 Å². The van der Waals surface area contributed by atoms with Gasteiger partial charge in [-0.05, 0) is 63.7 Å². The Hall–Kier alpha value is -1.44. The monoisotopic (exact) mass is 528 g/mol. The van der Waals surface area contributed by atoms with Crippen LogP contribution in [0.1, 0.15) is 78.1 Å². The lowest BCUT2D eigenvalue weighted by molar-refractivity contribution is -0.909. The van der Waals surface area contributed by atoms with E-state index in [2.05, 4.69) is 36.0 Å². The van der Waals surface area contributed by atoms with Gasteiger partial charge in [-0.2, -0.15) is 0 Å². The predicted molar refractivity (Wildman–Crippen MR) is 146 cm³/mol. The molecule has 4 heterocycles. The van der Waals surface area contributed by atoms with Gasteiger partial charge in [-0.1, -0.05) is 18.4 Å². The van der Waals surface area contributed by atoms with Crippen LogP contribution < -0.4 is 15.5 Å². The fraction of sp³-hybridized carbons (Fsp3) is 0.871. The number of likely N-dealkylation sites (tertiary alicyclic amines) is 1. The molecule has 10 unspecified atom stereocenters. The first-order valence-electron chi connectivity index (χ1n) is 16.0. The Balaban J connectivity index is 1.16. The summed E-state index contributed by atoms with van der Waals surface area (Å²) in [5, 5.41) is 5.79. The van der Waals surface area contributed by atoms with E-state index in [1.165, 1.54) is 57.2 Å². The molecule has 0 aromatic rings. The number of rotatable bonds is 8. The zero-order valence-electron chi connectivity index (χ0n) is 23.8. The molecule has 2 amide bonds. The molecule has 2 saturated carbocycles. The highest BCUT2D eigenvalue weighted by Crippen LogP contribution is 2.55. The van der Waals surface area contributed by atoms with Gasteiger partial charge in [0.1, 0.15) is 18.7 Å². The number of nitrogens with two attached hydrogens (primary N) is 1. The largest absolute Gasteiger partial charge is 0.368 e. The molecule has 4 aliphatic heterocycles. The minimum absolute atomic E-state index is 0.0268. The van der Waals surface area contributed by atoms with Gasteiger partial charge < -0.3 is 25.2 Å². The number of quaternary nitrogens is 2. The summed E-state index contributed by atoms with van der Waals surface area (Å²) in [6.45, 7) is 13.1. The average Bonchev–Trinajstić information content (AvgIpc) is 3.52. The van der Waals surface area contributed by atoms with Crippen molar-refractivity contribution in [2.24, 2.45) is 29.6 Å². The third-order valence-corrected chi connectivity index (χ3v) is 11.6. The molecule has 0 aromatic heterocycles. The van der Waals surface area contributed by atoms with Crippen LogP contribution in [0.4, 0.5) is 0 Å². The van der Waals surface area contributed by atoms with Gasteiger partial charge >= 0.3 is 0 Å². The van der Waals surface area contributed by atoms with Gasteiger partial charge in [-0.25, -0.2) is 0 Å². The number of carbonyl (C=O) groups is 2. The summed E-state index contributed by atoms with van der Waals surface area (Å²) in [4.78, 5) is 30.9. The molecule has 6 aliphatic rings. The number of fused-ring (bicyclic) bond motifs is 5. The minimum atomic E-state index is 0.0268. The van der Waals surface area contributed by atoms with E-state index in [1.807, 2.05) is 0 Å². The average molecular weight is 529 g/mol. The molecule has 6 rings (SSSR count). The summed E-state index contributed by atoms with van der Waals surface area (Å²) in [7, 11) is 0. The van der Waals surface area contributed by atoms with E-state index >= 15 is 0 Å². The Bertz CT molecular complexity index is 910. The Morgan fingerprint density at radius 3 is 2.79 bits per heavy atom. The molecule has 4 saturated heterocycles. The Labute approximate surface area is 229 Å². The summed E-state index contributed by atoms with van der Waals surface area (Å²) in [5.74, 6) is 2.71. The van der Waals surface area contributed by atoms with Crippen molar-refractivity contribution in [3.63, 3.8) is 0 Å². The number of allylic oxidation sites excluding steroid dienone is 1. The first kappa shape index (κ1) is 26.8. The molecular formula is C31H52N4O3+2. The van der Waals surface area contributed by atoms with Crippen molar-refractivity contribution in [3.05, 3.63) is 12.2 Å². The van der Waals surface area contributed by atoms with Gasteiger partial charge in [0.05, 0.1) is 38.3 Å². The second-order valence-corrected chi connectivity index (χ2v) is 13.6. The lowest BCUT2D eigenvalue weighted by Crippen LogP contribution is -3.14. The maximum absolute atomic E-state index is 14.0. The number of hydrogen-bond acceptors (Lipinski definition) is 3. The highest BCUT2D eigenvalue weighted by molar-refractivity contribution is 5.82. The Kier molecular flexibility index (Phi) is 7.89. The summed E-state index contributed by atoms with van der Waals surface area (Å²) in [6.07, 6.45) is 11.5. The lowest BCUT2D eigenvalue weighted by atomic mass is 9.63. The first-order chi connectivity index (χ1) is 18.5. The summed E-state index contributed by atoms with van der Waals surface area (Å²) >= 11 is 0. The van der Waals surface area contributed by atoms with Gasteiger partial charge in [0.2, 0.25) is 11.8 Å². The predicted octanol–water partition coefficient (Wildman–Crippen LogP) is 0.899. The molecule has 7 nitrogen and oxygen atoms in total. The normalized spacial score (nSPS) is 43.8. The molecule has 0 spiro atoms. The molecule has 0 radical (unpaired) electrons. The maximum Gasteiger partial charge on any atom is 0.246 e. The van der Waals surface area contributed by atoms with Crippen molar-refractivity contribution in [2.45, 2.75) is 108 Å². The fourth-order valence-electron chi connectivity index (χ4n) is 10.2. The van der Waals surface area contributed by atoms with Gasteiger partial charge in [-0.15, -0.1) is 6.58 Å². The number of amides is 2. The molecular weight excluding hydrogens is 476 g/mol. The molecule has 0 aromatic carbocycles. The number of hydrogen-bond donors (Lipinski definition) is 3. The number of piperidine rings is 2. The molecule has 7 heteroatoms. The molecule has 4 N–H and O–H groups in total. The van der Waals surface area contributed by atoms with Crippen LogP contribution in [0.5, 0.6) is 0 Å². The Morgan fingerprint density at radius 1 is 1.13 bits per heavy atom. The van der Waals surface area contributed by atoms with E-state index in [0.717, 1.165) is 38.8 Å². The zero-order valence-corrected chi connectivity index (χ0v) is 23.8. The molecule has 38 heavy (non-hydrogen) atoms. The lowest BCUT2D eigenvalue weighted by Gasteiger charge is -2.50. The maximum atomic E-state index is 14.0. The third-order valence-electron chi connectivity index (χ3n) is 11.6. The van der Waals surface area contributed by atoms with E-state index in [1.54, 1.807) is 4.90 Å². The van der Waals surface area contributed by atoms with Crippen molar-refractivity contribution >= 4 is 11.8 Å². The van der Waals surface area contributed by atoms with E-state index < -0.39 is 0 Å². The highest BCUT2D eigenvalue weighted by atomic mass is 16.5. The van der Waals surface area contributed by atoms with Gasteiger partial charge in [0.25, 0.3) is 0 Å². The van der Waals surface area contributed by atoms with Crippen molar-refractivity contribution in [3.8, 4) is 0 Å². The van der Waals surface area contributed by atoms with Gasteiger partial charge in [0.15, 0.2) is 0 Å². The van der Waals surface area contributed by atoms with Crippen LogP contribution in [0.15, 0.2) is 12.2 Å². The van der Waals surface area contributed by atoms with Crippen LogP contribution in [0.25, 0.3) is 0 Å². The molecule has 6 fully saturated rings. The summed E-state index contributed by atoms with van der Waals surface area (Å²) < 4.78 is 6.48. The van der Waals surface area contributed by atoms with Crippen LogP contribution in [0.2, 0.25) is 0 Å². The SMILES string of the molecule is C=C(C)CC1C(OCC(=O)NC[C@@H]2CCC[NH+]2CC)CCC2C1C1CC[NH2+]C3C4CCCCC4C(=O)N2C13. The van der Waals surface area contributed by atoms with Gasteiger partial charge in [-0.3, -0.25) is 9.59 Å². The van der Waals surface area contributed by atoms with E-state index in [9.17, 15) is 9.59 Å². The van der Waals surface area contributed by atoms with Crippen molar-refractivity contribution < 1.29 is 24.5 Å². The van der Waals surface area contributed by atoms with Crippen molar-refractivity contribution in [2.75, 3.05) is 32.8 Å². The molecule has 0 bridgehead atoms. The topological polar surface area (TPSA) is 79.7 Å². The van der Waals surface area contributed by atoms with Crippen LogP contribution >= 0.6 is 0 Å². The number of likely N-dealkylation sites (N-methyl/N-ethyl adjacent to an activating group) is 1. The quantitative estimate of drug-likeness (QED) is 0.410. The number of nitrogens with zero attached hydrogens (tertiary/aromatic N) is 1. The van der Waals surface area contributed by atoms with Crippen LogP contribution in [0, 0.1) is 29.6 Å². The van der Waals surface area contributed by atoms with E-state index in [0.29, 0.717) is 53.7 Å². The Morgan fingerprint density at radius 2 is 1.97 bits per heavy atom. The number of nitrogens with one attached hydrogen (secondary N) is 2. The van der Waals surface area contributed by atoms with Crippen molar-refractivity contribution in [1.29, 1.82) is 0 Å². The standard InChI is InChI=1S/C31H50N4O3/c1-4-34-15-7-8-20(34)17-33-27(36)18-38-26-12-11-25-28(24(26)16-19(2)3)23-13-14-32-29-21-9-5-6-10-22(21)31(37)35(25)30(23)29/h20-26,28-30,32H,2,4-18H2,1,3H3,(H,33,36)/p+2/t20-,21?,22?,23?,24?,25?,26?,28?,29?,30?/m0/s1. The highest BCUT2D eigenvalue weighted by Gasteiger charge is 2.65. The van der Waals surface area contributed by atoms with Crippen LogP contribution in [0.3, 0.4) is 0 Å². The molecule has 212 valence electrons. The second kappa shape index (κ2) is 11.2. The zero-order chi connectivity index (χ0) is 26.4. The van der Waals surface area contributed by atoms with Crippen LogP contribution in [-0.2, 0) is 14.3 Å². The van der Waals surface area contributed by atoms with Crippen LogP contribution in [-0.4, -0.2) is 79.8 Å². The summed E-state index contributed by atoms with van der Waals surface area (Å²) in [6, 6.07) is 1.87. The van der Waals surface area contributed by atoms with Gasteiger partial charge in [0, 0.05) is 37.1 Å². The molecule has 11 atom stereocenters. The first-order valence-corrected chi connectivity index (χ1v) is 16.0. The minimum Gasteiger partial charge on any atom is -0.368 e. The third kappa shape index (κ3) is 4.75. The summed E-state index contributed by atoms with van der Waals surface area (Å²) in [5.41, 5.74) is 1.20. The fourth-order valence-corrected chi connectivity index (χ4v) is 10.2. The number of ether oxygens (including phenoxy) is 1. The van der Waals surface area contributed by atoms with Crippen molar-refractivity contribution in [1.82, 2.24) is 10.2 Å². The molecule has 2 aliphatic carbocycles.